The third-order valence-electron chi connectivity index (χ3n) is 9.73. The number of hydrogen-bond donors (Lipinski definition) is 1. The molecule has 258 valence electrons. The number of ether oxygens (including phenoxy) is 1. The van der Waals surface area contributed by atoms with E-state index in [1.807, 2.05) is 140 Å². The van der Waals surface area contributed by atoms with E-state index in [-0.39, 0.29) is 11.8 Å². The van der Waals surface area contributed by atoms with E-state index in [4.69, 9.17) is 16.3 Å². The highest BCUT2D eigenvalue weighted by molar-refractivity contribution is 6.30. The Kier molecular flexibility index (Phi) is 9.32. The summed E-state index contributed by atoms with van der Waals surface area (Å²) in [5, 5.41) is 3.67. The Labute approximate surface area is 314 Å². The molecule has 6 heteroatoms. The summed E-state index contributed by atoms with van der Waals surface area (Å²) in [4.78, 5) is 29.9. The van der Waals surface area contributed by atoms with E-state index in [9.17, 15) is 9.59 Å². The van der Waals surface area contributed by atoms with Crippen LogP contribution in [0.2, 0.25) is 5.02 Å². The van der Waals surface area contributed by atoms with Gasteiger partial charge in [0.2, 0.25) is 0 Å². The summed E-state index contributed by atoms with van der Waals surface area (Å²) in [6, 6.07) is 58.3. The van der Waals surface area contributed by atoms with Crippen LogP contribution in [0.5, 0.6) is 5.75 Å². The number of rotatable bonds is 8. The van der Waals surface area contributed by atoms with Crippen LogP contribution in [0.3, 0.4) is 0 Å². The third-order valence-corrected chi connectivity index (χ3v) is 9.97. The lowest BCUT2D eigenvalue weighted by Gasteiger charge is -2.36. The van der Waals surface area contributed by atoms with Gasteiger partial charge in [-0.05, 0) is 77.7 Å². The minimum Gasteiger partial charge on any atom is -0.472 e. The molecular formula is C47H35ClN2O3. The molecule has 0 fully saturated rings. The summed E-state index contributed by atoms with van der Waals surface area (Å²) in [6.07, 6.45) is 0.690. The molecule has 0 spiro atoms. The summed E-state index contributed by atoms with van der Waals surface area (Å²) in [6.45, 7) is 0.440. The molecular weight excluding hydrogens is 676 g/mol. The molecule has 7 aromatic rings. The predicted molar refractivity (Wildman–Crippen MR) is 212 cm³/mol. The van der Waals surface area contributed by atoms with Crippen molar-refractivity contribution >= 4 is 34.8 Å². The van der Waals surface area contributed by atoms with Crippen molar-refractivity contribution < 1.29 is 14.3 Å². The Morgan fingerprint density at radius 2 is 1.13 bits per heavy atom. The first-order valence-corrected chi connectivity index (χ1v) is 17.9. The summed E-state index contributed by atoms with van der Waals surface area (Å²) < 4.78 is 7.12. The van der Waals surface area contributed by atoms with Gasteiger partial charge in [-0.25, -0.2) is 0 Å². The lowest BCUT2D eigenvalue weighted by Crippen LogP contribution is -2.36. The first-order valence-electron chi connectivity index (χ1n) is 17.5. The molecule has 53 heavy (non-hydrogen) atoms. The first kappa shape index (κ1) is 33.7. The quantitative estimate of drug-likeness (QED) is 0.160. The number of anilines is 2. The zero-order chi connectivity index (χ0) is 36.2. The highest BCUT2D eigenvalue weighted by Gasteiger charge is 2.39. The minimum atomic E-state index is -1.06. The maximum atomic E-state index is 14.1. The van der Waals surface area contributed by atoms with Crippen molar-refractivity contribution in [1.82, 2.24) is 0 Å². The molecule has 0 bridgehead atoms. The largest absolute Gasteiger partial charge is 0.472 e. The van der Waals surface area contributed by atoms with Crippen LogP contribution in [0.1, 0.15) is 54.1 Å². The molecule has 5 nitrogen and oxygen atoms in total. The Bertz CT molecular complexity index is 2300. The molecule has 0 atom stereocenters. The van der Waals surface area contributed by atoms with E-state index < -0.39 is 5.60 Å². The van der Waals surface area contributed by atoms with Crippen LogP contribution in [0, 0.1) is 0 Å². The van der Waals surface area contributed by atoms with Gasteiger partial charge in [-0.3, -0.25) is 9.59 Å². The number of fused-ring (bicyclic) bond motifs is 2. The zero-order valence-electron chi connectivity index (χ0n) is 28.8. The maximum Gasteiger partial charge on any atom is 0.259 e. The molecule has 7 aromatic carbocycles. The maximum absolute atomic E-state index is 14.1. The van der Waals surface area contributed by atoms with E-state index in [0.717, 1.165) is 33.5 Å². The molecule has 2 amide bonds. The molecule has 0 radical (unpaired) electrons. The van der Waals surface area contributed by atoms with Crippen molar-refractivity contribution in [2.75, 3.05) is 10.2 Å². The van der Waals surface area contributed by atoms with Gasteiger partial charge in [0.05, 0.1) is 12.1 Å². The van der Waals surface area contributed by atoms with Crippen molar-refractivity contribution in [2.24, 2.45) is 0 Å². The van der Waals surface area contributed by atoms with Crippen LogP contribution in [-0.4, -0.2) is 11.8 Å². The summed E-state index contributed by atoms with van der Waals surface area (Å²) in [7, 11) is 0. The average Bonchev–Trinajstić information content (AvgIpc) is 3.37. The lowest BCUT2D eigenvalue weighted by atomic mass is 9.80. The lowest BCUT2D eigenvalue weighted by molar-refractivity contribution is 0.0983. The molecule has 1 aliphatic rings. The molecule has 0 aliphatic carbocycles. The van der Waals surface area contributed by atoms with E-state index in [2.05, 4.69) is 17.4 Å². The van der Waals surface area contributed by atoms with Gasteiger partial charge in [0.1, 0.15) is 5.75 Å². The second-order valence-corrected chi connectivity index (χ2v) is 13.5. The molecule has 1 aliphatic heterocycles. The Morgan fingerprint density at radius 1 is 0.585 bits per heavy atom. The van der Waals surface area contributed by atoms with E-state index in [0.29, 0.717) is 40.6 Å². The number of amides is 2. The second-order valence-electron chi connectivity index (χ2n) is 13.0. The normalized spacial score (nSPS) is 12.2. The Hall–Kier alpha value is -6.43. The summed E-state index contributed by atoms with van der Waals surface area (Å²) in [5.74, 6) is -0.0489. The fourth-order valence-electron chi connectivity index (χ4n) is 7.14. The number of para-hydroxylation sites is 1. The van der Waals surface area contributed by atoms with Gasteiger partial charge in [-0.15, -0.1) is 0 Å². The smallest absolute Gasteiger partial charge is 0.259 e. The fraction of sp³-hybridized carbons (Fsp3) is 0.0638. The second kappa shape index (κ2) is 14.7. The number of hydrogen-bond acceptors (Lipinski definition) is 3. The van der Waals surface area contributed by atoms with Crippen LogP contribution in [0.15, 0.2) is 182 Å². The number of nitrogens with one attached hydrogen (secondary N) is 1. The highest BCUT2D eigenvalue weighted by Crippen LogP contribution is 2.42. The van der Waals surface area contributed by atoms with Gasteiger partial charge in [-0.1, -0.05) is 139 Å². The molecule has 0 saturated carbocycles. The van der Waals surface area contributed by atoms with Crippen molar-refractivity contribution in [3.8, 4) is 5.75 Å². The van der Waals surface area contributed by atoms with Crippen LogP contribution in [0.4, 0.5) is 11.4 Å². The van der Waals surface area contributed by atoms with Crippen molar-refractivity contribution in [1.29, 1.82) is 0 Å². The average molecular weight is 711 g/mol. The van der Waals surface area contributed by atoms with Gasteiger partial charge in [0, 0.05) is 38.7 Å². The third kappa shape index (κ3) is 6.71. The number of halogens is 1. The Morgan fingerprint density at radius 3 is 1.75 bits per heavy atom. The molecule has 8 rings (SSSR count). The first-order chi connectivity index (χ1) is 26.0. The monoisotopic (exact) mass is 710 g/mol. The van der Waals surface area contributed by atoms with E-state index in [1.54, 1.807) is 35.2 Å². The van der Waals surface area contributed by atoms with Gasteiger partial charge >= 0.3 is 0 Å². The number of carbonyl (C=O) groups is 2. The van der Waals surface area contributed by atoms with Crippen LogP contribution >= 0.6 is 11.6 Å². The standard InChI is InChI=1S/C47H35ClN2O3/c48-40-26-29-43-36(31-40)30-34-14-10-11-15-35(34)32-50(43)46(52)33-24-27-41(28-25-33)49-45(51)42-22-12-13-23-44(42)53-47(37-16-4-1-5-17-37,38-18-6-2-7-19-38)39-20-8-3-9-21-39/h1-29,31H,30,32H2,(H,49,51). The zero-order valence-corrected chi connectivity index (χ0v) is 29.5. The number of nitrogens with zero attached hydrogens (tertiary/aromatic N) is 1. The van der Waals surface area contributed by atoms with E-state index >= 15 is 0 Å². The van der Waals surface area contributed by atoms with Gasteiger partial charge < -0.3 is 15.0 Å². The van der Waals surface area contributed by atoms with Crippen LogP contribution in [0.25, 0.3) is 0 Å². The minimum absolute atomic E-state index is 0.138. The summed E-state index contributed by atoms with van der Waals surface area (Å²) >= 11 is 6.38. The van der Waals surface area contributed by atoms with Gasteiger partial charge in [0.25, 0.3) is 11.8 Å². The van der Waals surface area contributed by atoms with Crippen LogP contribution < -0.4 is 15.0 Å². The topological polar surface area (TPSA) is 58.6 Å². The molecule has 0 saturated heterocycles. The molecule has 0 aromatic heterocycles. The van der Waals surface area contributed by atoms with Gasteiger partial charge in [0.15, 0.2) is 5.60 Å². The van der Waals surface area contributed by atoms with Crippen molar-refractivity contribution in [3.63, 3.8) is 0 Å². The highest BCUT2D eigenvalue weighted by atomic mass is 35.5. The fourth-order valence-corrected chi connectivity index (χ4v) is 7.33. The van der Waals surface area contributed by atoms with Gasteiger partial charge in [-0.2, -0.15) is 0 Å². The summed E-state index contributed by atoms with van der Waals surface area (Å²) in [5.41, 5.74) is 7.23. The molecule has 0 unspecified atom stereocenters. The van der Waals surface area contributed by atoms with Crippen molar-refractivity contribution in [3.05, 3.63) is 232 Å². The molecule has 1 N–H and O–H groups in total. The predicted octanol–water partition coefficient (Wildman–Crippen LogP) is 10.7. The Balaban J connectivity index is 1.09. The van der Waals surface area contributed by atoms with E-state index in [1.165, 1.54) is 5.56 Å². The number of carbonyl (C=O) groups excluding carboxylic acids is 2. The van der Waals surface area contributed by atoms with Crippen LogP contribution in [-0.2, 0) is 18.6 Å². The number of benzene rings is 7. The SMILES string of the molecule is O=C(Nc1ccc(C(=O)N2Cc3ccccc3Cc3cc(Cl)ccc32)cc1)c1ccccc1OC(c1ccccc1)(c1ccccc1)c1ccccc1. The molecule has 1 heterocycles. The van der Waals surface area contributed by atoms with Crippen molar-refractivity contribution in [2.45, 2.75) is 18.6 Å².